The minimum absolute atomic E-state index is 0.170. The number of rotatable bonds is 7. The molecule has 0 spiro atoms. The first kappa shape index (κ1) is 15.8. The zero-order valence-corrected chi connectivity index (χ0v) is 12.9. The van der Waals surface area contributed by atoms with Crippen LogP contribution in [0.4, 0.5) is 0 Å². The molecule has 116 valence electrons. The Morgan fingerprint density at radius 1 is 1.52 bits per heavy atom. The van der Waals surface area contributed by atoms with E-state index in [0.717, 1.165) is 50.0 Å². The van der Waals surface area contributed by atoms with Crippen LogP contribution in [0.3, 0.4) is 0 Å². The molecule has 1 aromatic rings. The fraction of sp³-hybridized carbons (Fsp3) is 0.588. The van der Waals surface area contributed by atoms with Crippen molar-refractivity contribution in [3.05, 3.63) is 29.8 Å². The number of likely N-dealkylation sites (tertiary alicyclic amines) is 1. The quantitative estimate of drug-likeness (QED) is 0.835. The maximum absolute atomic E-state index is 11.5. The van der Waals surface area contributed by atoms with Crippen molar-refractivity contribution in [2.45, 2.75) is 51.1 Å². The average molecular weight is 291 g/mol. The first-order chi connectivity index (χ1) is 10.2. The maximum Gasteiger partial charge on any atom is 0.320 e. The standard InChI is InChI=1S/C17H25NO3/c1-3-4-9-15(13-7-5-8-14(12-13)21-2)18-11-6-10-16(18)17(19)20/h5,7-8,12,15-16H,3-4,6,9-11H2,1-2H3,(H,19,20). The summed E-state index contributed by atoms with van der Waals surface area (Å²) in [6, 6.07) is 7.86. The highest BCUT2D eigenvalue weighted by Crippen LogP contribution is 2.34. The van der Waals surface area contributed by atoms with E-state index in [-0.39, 0.29) is 12.1 Å². The summed E-state index contributed by atoms with van der Waals surface area (Å²) in [5.41, 5.74) is 1.16. The van der Waals surface area contributed by atoms with Crippen molar-refractivity contribution in [2.24, 2.45) is 0 Å². The van der Waals surface area contributed by atoms with Gasteiger partial charge in [0.1, 0.15) is 11.8 Å². The van der Waals surface area contributed by atoms with Crippen molar-refractivity contribution in [2.75, 3.05) is 13.7 Å². The van der Waals surface area contributed by atoms with Crippen LogP contribution in [0.25, 0.3) is 0 Å². The van der Waals surface area contributed by atoms with E-state index in [4.69, 9.17) is 4.74 Å². The topological polar surface area (TPSA) is 49.8 Å². The molecule has 0 bridgehead atoms. The molecule has 1 aliphatic heterocycles. The number of methoxy groups -OCH3 is 1. The summed E-state index contributed by atoms with van der Waals surface area (Å²) in [5.74, 6) is 0.136. The minimum atomic E-state index is -0.697. The molecule has 2 rings (SSSR count). The predicted molar refractivity (Wildman–Crippen MR) is 82.6 cm³/mol. The lowest BCUT2D eigenvalue weighted by Crippen LogP contribution is -2.38. The predicted octanol–water partition coefficient (Wildman–Crippen LogP) is 3.48. The van der Waals surface area contributed by atoms with E-state index >= 15 is 0 Å². The van der Waals surface area contributed by atoms with Gasteiger partial charge in [-0.2, -0.15) is 0 Å². The number of hydrogen-bond donors (Lipinski definition) is 1. The van der Waals surface area contributed by atoms with Crippen LogP contribution < -0.4 is 4.74 Å². The zero-order valence-electron chi connectivity index (χ0n) is 12.9. The highest BCUT2D eigenvalue weighted by molar-refractivity contribution is 5.73. The maximum atomic E-state index is 11.5. The smallest absolute Gasteiger partial charge is 0.320 e. The normalized spacial score (nSPS) is 20.4. The molecule has 1 N–H and O–H groups in total. The molecule has 4 nitrogen and oxygen atoms in total. The molecule has 2 atom stereocenters. The van der Waals surface area contributed by atoms with Gasteiger partial charge in [-0.25, -0.2) is 0 Å². The SMILES string of the molecule is CCCCC(c1cccc(OC)c1)N1CCCC1C(=O)O. The molecule has 1 heterocycles. The Kier molecular flexibility index (Phi) is 5.62. The second-order valence-electron chi connectivity index (χ2n) is 5.67. The molecule has 0 aromatic heterocycles. The molecule has 1 aromatic carbocycles. The van der Waals surface area contributed by atoms with Gasteiger partial charge in [-0.05, 0) is 43.5 Å². The van der Waals surface area contributed by atoms with Gasteiger partial charge >= 0.3 is 5.97 Å². The average Bonchev–Trinajstić information content (AvgIpc) is 2.97. The fourth-order valence-electron chi connectivity index (χ4n) is 3.20. The Bertz CT molecular complexity index is 475. The van der Waals surface area contributed by atoms with Gasteiger partial charge in [0.15, 0.2) is 0 Å². The molecule has 2 unspecified atom stereocenters. The number of benzene rings is 1. The van der Waals surface area contributed by atoms with Crippen LogP contribution >= 0.6 is 0 Å². The third kappa shape index (κ3) is 3.76. The Balaban J connectivity index is 2.26. The van der Waals surface area contributed by atoms with Crippen molar-refractivity contribution in [1.82, 2.24) is 4.90 Å². The van der Waals surface area contributed by atoms with E-state index in [1.165, 1.54) is 0 Å². The van der Waals surface area contributed by atoms with E-state index in [0.29, 0.717) is 0 Å². The van der Waals surface area contributed by atoms with Crippen LogP contribution in [0.5, 0.6) is 5.75 Å². The number of unbranched alkanes of at least 4 members (excludes halogenated alkanes) is 1. The molecule has 1 fully saturated rings. The Labute approximate surface area is 126 Å². The van der Waals surface area contributed by atoms with Crippen LogP contribution in [0.2, 0.25) is 0 Å². The van der Waals surface area contributed by atoms with Crippen molar-refractivity contribution in [3.8, 4) is 5.75 Å². The van der Waals surface area contributed by atoms with Crippen LogP contribution in [0, 0.1) is 0 Å². The summed E-state index contributed by atoms with van der Waals surface area (Å²) in [5, 5.41) is 9.44. The van der Waals surface area contributed by atoms with Crippen molar-refractivity contribution in [1.29, 1.82) is 0 Å². The van der Waals surface area contributed by atoms with E-state index in [1.807, 2.05) is 18.2 Å². The lowest BCUT2D eigenvalue weighted by atomic mass is 9.98. The summed E-state index contributed by atoms with van der Waals surface area (Å²) in [6.45, 7) is 3.03. The number of carboxylic acid groups (broad SMARTS) is 1. The first-order valence-corrected chi connectivity index (χ1v) is 7.80. The van der Waals surface area contributed by atoms with Gasteiger partial charge in [0.2, 0.25) is 0 Å². The van der Waals surface area contributed by atoms with Crippen molar-refractivity contribution in [3.63, 3.8) is 0 Å². The Morgan fingerprint density at radius 3 is 3.00 bits per heavy atom. The molecule has 21 heavy (non-hydrogen) atoms. The highest BCUT2D eigenvalue weighted by Gasteiger charge is 2.35. The largest absolute Gasteiger partial charge is 0.497 e. The number of carbonyl (C=O) groups is 1. The third-order valence-electron chi connectivity index (χ3n) is 4.29. The zero-order chi connectivity index (χ0) is 15.2. The first-order valence-electron chi connectivity index (χ1n) is 7.80. The summed E-state index contributed by atoms with van der Waals surface area (Å²) >= 11 is 0. The summed E-state index contributed by atoms with van der Waals surface area (Å²) in [4.78, 5) is 13.6. The van der Waals surface area contributed by atoms with Gasteiger partial charge in [-0.1, -0.05) is 31.9 Å². The number of hydrogen-bond acceptors (Lipinski definition) is 3. The lowest BCUT2D eigenvalue weighted by Gasteiger charge is -2.31. The van der Waals surface area contributed by atoms with E-state index in [1.54, 1.807) is 7.11 Å². The molecule has 1 saturated heterocycles. The fourth-order valence-corrected chi connectivity index (χ4v) is 3.20. The van der Waals surface area contributed by atoms with Gasteiger partial charge < -0.3 is 9.84 Å². The van der Waals surface area contributed by atoms with Gasteiger partial charge in [-0.3, -0.25) is 9.69 Å². The molecule has 0 amide bonds. The molecular weight excluding hydrogens is 266 g/mol. The number of nitrogens with zero attached hydrogens (tertiary/aromatic N) is 1. The van der Waals surface area contributed by atoms with E-state index in [2.05, 4.69) is 17.9 Å². The summed E-state index contributed by atoms with van der Waals surface area (Å²) in [6.07, 6.45) is 4.93. The second kappa shape index (κ2) is 7.46. The number of carboxylic acids is 1. The van der Waals surface area contributed by atoms with Crippen LogP contribution in [0.1, 0.15) is 50.6 Å². The van der Waals surface area contributed by atoms with Gasteiger partial charge in [0.05, 0.1) is 7.11 Å². The summed E-state index contributed by atoms with van der Waals surface area (Å²) < 4.78 is 5.31. The van der Waals surface area contributed by atoms with Crippen LogP contribution in [-0.4, -0.2) is 35.7 Å². The number of aliphatic carboxylic acids is 1. The minimum Gasteiger partial charge on any atom is -0.497 e. The molecule has 1 aliphatic rings. The van der Waals surface area contributed by atoms with Gasteiger partial charge in [0.25, 0.3) is 0 Å². The van der Waals surface area contributed by atoms with E-state index in [9.17, 15) is 9.90 Å². The Hall–Kier alpha value is -1.55. The summed E-state index contributed by atoms with van der Waals surface area (Å²) in [7, 11) is 1.66. The van der Waals surface area contributed by atoms with Gasteiger partial charge in [-0.15, -0.1) is 0 Å². The monoisotopic (exact) mass is 291 g/mol. The third-order valence-corrected chi connectivity index (χ3v) is 4.29. The van der Waals surface area contributed by atoms with Gasteiger partial charge in [0, 0.05) is 6.04 Å². The lowest BCUT2D eigenvalue weighted by molar-refractivity contribution is -0.143. The molecule has 0 aliphatic carbocycles. The van der Waals surface area contributed by atoms with E-state index < -0.39 is 5.97 Å². The van der Waals surface area contributed by atoms with Crippen LogP contribution in [-0.2, 0) is 4.79 Å². The highest BCUT2D eigenvalue weighted by atomic mass is 16.5. The Morgan fingerprint density at radius 2 is 2.33 bits per heavy atom. The van der Waals surface area contributed by atoms with Crippen molar-refractivity contribution >= 4 is 5.97 Å². The molecule has 0 radical (unpaired) electrons. The molecule has 0 saturated carbocycles. The molecule has 4 heteroatoms. The van der Waals surface area contributed by atoms with Crippen LogP contribution in [0.15, 0.2) is 24.3 Å². The van der Waals surface area contributed by atoms with Crippen molar-refractivity contribution < 1.29 is 14.6 Å². The number of ether oxygens (including phenoxy) is 1. The molecular formula is C17H25NO3. The second-order valence-corrected chi connectivity index (χ2v) is 5.67.